The summed E-state index contributed by atoms with van der Waals surface area (Å²) in [6, 6.07) is 5.06. The van der Waals surface area contributed by atoms with Crippen LogP contribution in [0.2, 0.25) is 0 Å². The van der Waals surface area contributed by atoms with Gasteiger partial charge in [0.15, 0.2) is 0 Å². The van der Waals surface area contributed by atoms with E-state index in [1.165, 1.54) is 50.9 Å². The summed E-state index contributed by atoms with van der Waals surface area (Å²) in [6.07, 6.45) is 7.31. The van der Waals surface area contributed by atoms with Gasteiger partial charge in [0, 0.05) is 25.3 Å². The normalized spacial score (nSPS) is 25.7. The smallest absolute Gasteiger partial charge is 0.128 e. The Bertz CT molecular complexity index is 368. The van der Waals surface area contributed by atoms with E-state index in [1.54, 1.807) is 0 Å². The molecule has 2 fully saturated rings. The van der Waals surface area contributed by atoms with Gasteiger partial charge in [-0.25, -0.2) is 4.98 Å². The lowest BCUT2D eigenvalue weighted by molar-refractivity contribution is 0.317. The Morgan fingerprint density at radius 2 is 1.94 bits per heavy atom. The standard InChI is InChI=1S/C14H21N3/c1-16-8-4-5-13(16)12-6-7-14(15-11-12)17-9-2-3-10-17/h6-7,11,13H,2-5,8-10H2,1H3/t13-/m1/s1. The molecule has 2 aliphatic rings. The first kappa shape index (κ1) is 11.0. The van der Waals surface area contributed by atoms with Crippen molar-refractivity contribution in [1.29, 1.82) is 0 Å². The topological polar surface area (TPSA) is 19.4 Å². The molecule has 17 heavy (non-hydrogen) atoms. The van der Waals surface area contributed by atoms with Crippen molar-refractivity contribution < 1.29 is 0 Å². The number of anilines is 1. The molecule has 0 unspecified atom stereocenters. The highest BCUT2D eigenvalue weighted by molar-refractivity contribution is 5.40. The zero-order valence-electron chi connectivity index (χ0n) is 10.6. The molecule has 0 aliphatic carbocycles. The summed E-state index contributed by atoms with van der Waals surface area (Å²) >= 11 is 0. The first-order valence-electron chi connectivity index (χ1n) is 6.76. The summed E-state index contributed by atoms with van der Waals surface area (Å²) < 4.78 is 0. The van der Waals surface area contributed by atoms with Crippen LogP contribution in [-0.4, -0.2) is 36.6 Å². The molecule has 1 aromatic heterocycles. The van der Waals surface area contributed by atoms with Crippen LogP contribution in [0, 0.1) is 0 Å². The van der Waals surface area contributed by atoms with E-state index in [2.05, 4.69) is 40.2 Å². The highest BCUT2D eigenvalue weighted by Crippen LogP contribution is 2.30. The third kappa shape index (κ3) is 2.16. The van der Waals surface area contributed by atoms with Crippen LogP contribution < -0.4 is 4.90 Å². The van der Waals surface area contributed by atoms with E-state index in [1.807, 2.05) is 0 Å². The van der Waals surface area contributed by atoms with Crippen molar-refractivity contribution in [3.63, 3.8) is 0 Å². The summed E-state index contributed by atoms with van der Waals surface area (Å²) in [5, 5.41) is 0. The quantitative estimate of drug-likeness (QED) is 0.779. The van der Waals surface area contributed by atoms with Gasteiger partial charge in [-0.1, -0.05) is 6.07 Å². The van der Waals surface area contributed by atoms with Crippen molar-refractivity contribution in [2.24, 2.45) is 0 Å². The molecule has 0 bridgehead atoms. The van der Waals surface area contributed by atoms with Gasteiger partial charge in [0.05, 0.1) is 0 Å². The van der Waals surface area contributed by atoms with Gasteiger partial charge >= 0.3 is 0 Å². The first-order valence-corrected chi connectivity index (χ1v) is 6.76. The Kier molecular flexibility index (Phi) is 3.02. The van der Waals surface area contributed by atoms with Gasteiger partial charge in [-0.05, 0) is 50.9 Å². The molecule has 92 valence electrons. The Labute approximate surface area is 103 Å². The van der Waals surface area contributed by atoms with Crippen LogP contribution in [0.25, 0.3) is 0 Å². The molecule has 0 N–H and O–H groups in total. The predicted molar refractivity (Wildman–Crippen MR) is 70.3 cm³/mol. The number of pyridine rings is 1. The third-order valence-electron chi connectivity index (χ3n) is 4.11. The lowest BCUT2D eigenvalue weighted by atomic mass is 10.1. The van der Waals surface area contributed by atoms with Crippen LogP contribution in [-0.2, 0) is 0 Å². The summed E-state index contributed by atoms with van der Waals surface area (Å²) in [6.45, 7) is 3.57. The Balaban J connectivity index is 1.75. The van der Waals surface area contributed by atoms with E-state index < -0.39 is 0 Å². The summed E-state index contributed by atoms with van der Waals surface area (Å²) in [7, 11) is 2.21. The third-order valence-corrected chi connectivity index (χ3v) is 4.11. The second-order valence-electron chi connectivity index (χ2n) is 5.28. The number of likely N-dealkylation sites (tertiary alicyclic amines) is 1. The number of nitrogens with zero attached hydrogens (tertiary/aromatic N) is 3. The lowest BCUT2D eigenvalue weighted by Crippen LogP contribution is -2.20. The molecular weight excluding hydrogens is 210 g/mol. The molecule has 0 spiro atoms. The van der Waals surface area contributed by atoms with Crippen molar-refractivity contribution in [3.8, 4) is 0 Å². The minimum Gasteiger partial charge on any atom is -0.357 e. The van der Waals surface area contributed by atoms with E-state index in [0.29, 0.717) is 6.04 Å². The lowest BCUT2D eigenvalue weighted by Gasteiger charge is -2.21. The Morgan fingerprint density at radius 1 is 1.12 bits per heavy atom. The zero-order valence-corrected chi connectivity index (χ0v) is 10.6. The fourth-order valence-electron chi connectivity index (χ4n) is 3.06. The molecule has 0 aromatic carbocycles. The van der Waals surface area contributed by atoms with E-state index >= 15 is 0 Å². The number of hydrogen-bond donors (Lipinski definition) is 0. The summed E-state index contributed by atoms with van der Waals surface area (Å²) in [5.41, 5.74) is 1.38. The first-order chi connectivity index (χ1) is 8.34. The maximum atomic E-state index is 4.64. The van der Waals surface area contributed by atoms with Crippen molar-refractivity contribution >= 4 is 5.82 Å². The molecule has 1 aromatic rings. The van der Waals surface area contributed by atoms with E-state index in [4.69, 9.17) is 0 Å². The molecule has 0 radical (unpaired) electrons. The van der Waals surface area contributed by atoms with E-state index in [9.17, 15) is 0 Å². The molecule has 2 aliphatic heterocycles. The van der Waals surface area contributed by atoms with E-state index in [0.717, 1.165) is 5.82 Å². The average Bonchev–Trinajstić information content (AvgIpc) is 3.00. The molecule has 3 rings (SSSR count). The SMILES string of the molecule is CN1CCC[C@@H]1c1ccc(N2CCCC2)nc1. The summed E-state index contributed by atoms with van der Waals surface area (Å²) in [5.74, 6) is 1.16. The molecule has 0 saturated carbocycles. The fourth-order valence-corrected chi connectivity index (χ4v) is 3.06. The molecule has 2 saturated heterocycles. The highest BCUT2D eigenvalue weighted by atomic mass is 15.2. The zero-order chi connectivity index (χ0) is 11.7. The minimum atomic E-state index is 0.593. The van der Waals surface area contributed by atoms with Gasteiger partial charge in [0.2, 0.25) is 0 Å². The highest BCUT2D eigenvalue weighted by Gasteiger charge is 2.23. The monoisotopic (exact) mass is 231 g/mol. The van der Waals surface area contributed by atoms with Crippen LogP contribution in [0.1, 0.15) is 37.3 Å². The maximum Gasteiger partial charge on any atom is 0.128 e. The van der Waals surface area contributed by atoms with Crippen molar-refractivity contribution in [3.05, 3.63) is 23.9 Å². The van der Waals surface area contributed by atoms with Gasteiger partial charge in [0.1, 0.15) is 5.82 Å². The maximum absolute atomic E-state index is 4.64. The van der Waals surface area contributed by atoms with E-state index in [-0.39, 0.29) is 0 Å². The van der Waals surface area contributed by atoms with Crippen LogP contribution in [0.5, 0.6) is 0 Å². The second-order valence-corrected chi connectivity index (χ2v) is 5.28. The van der Waals surface area contributed by atoms with Crippen molar-refractivity contribution in [1.82, 2.24) is 9.88 Å². The molecule has 0 amide bonds. The van der Waals surface area contributed by atoms with Gasteiger partial charge in [-0.3, -0.25) is 4.90 Å². The number of hydrogen-bond acceptors (Lipinski definition) is 3. The Hall–Kier alpha value is -1.09. The van der Waals surface area contributed by atoms with Crippen LogP contribution >= 0.6 is 0 Å². The minimum absolute atomic E-state index is 0.593. The fraction of sp³-hybridized carbons (Fsp3) is 0.643. The van der Waals surface area contributed by atoms with Crippen LogP contribution in [0.3, 0.4) is 0 Å². The van der Waals surface area contributed by atoms with Crippen LogP contribution in [0.4, 0.5) is 5.82 Å². The van der Waals surface area contributed by atoms with Gasteiger partial charge in [-0.2, -0.15) is 0 Å². The van der Waals surface area contributed by atoms with Gasteiger partial charge in [0.25, 0.3) is 0 Å². The summed E-state index contributed by atoms with van der Waals surface area (Å²) in [4.78, 5) is 9.47. The largest absolute Gasteiger partial charge is 0.357 e. The van der Waals surface area contributed by atoms with Crippen molar-refractivity contribution in [2.45, 2.75) is 31.7 Å². The average molecular weight is 231 g/mol. The molecule has 3 heteroatoms. The van der Waals surface area contributed by atoms with Crippen LogP contribution in [0.15, 0.2) is 18.3 Å². The van der Waals surface area contributed by atoms with Crippen molar-refractivity contribution in [2.75, 3.05) is 31.6 Å². The number of aromatic nitrogens is 1. The predicted octanol–water partition coefficient (Wildman–Crippen LogP) is 2.45. The Morgan fingerprint density at radius 3 is 2.53 bits per heavy atom. The molecule has 3 nitrogen and oxygen atoms in total. The number of rotatable bonds is 2. The molecule has 1 atom stereocenters. The molecule has 3 heterocycles. The molecular formula is C14H21N3. The second kappa shape index (κ2) is 4.65. The van der Waals surface area contributed by atoms with Gasteiger partial charge < -0.3 is 4.90 Å². The van der Waals surface area contributed by atoms with Gasteiger partial charge in [-0.15, -0.1) is 0 Å².